The Morgan fingerprint density at radius 2 is 2.00 bits per heavy atom. The van der Waals surface area contributed by atoms with Gasteiger partial charge in [0.05, 0.1) is 12.7 Å². The predicted octanol–water partition coefficient (Wildman–Crippen LogP) is 0.822. The highest BCUT2D eigenvalue weighted by molar-refractivity contribution is 4.93. The van der Waals surface area contributed by atoms with Gasteiger partial charge in [-0.05, 0) is 20.8 Å². The lowest BCUT2D eigenvalue weighted by molar-refractivity contribution is -0.149. The molecule has 5 heteroatoms. The molecule has 1 saturated heterocycles. The molecule has 3 unspecified atom stereocenters. The lowest BCUT2D eigenvalue weighted by Crippen LogP contribution is -2.62. The van der Waals surface area contributed by atoms with Crippen molar-refractivity contribution in [1.82, 2.24) is 4.90 Å². The van der Waals surface area contributed by atoms with Crippen LogP contribution in [-0.4, -0.2) is 62.8 Å². The fourth-order valence-corrected chi connectivity index (χ4v) is 2.60. The van der Waals surface area contributed by atoms with Crippen LogP contribution in [-0.2, 0) is 14.2 Å². The maximum atomic E-state index is 6.01. The van der Waals surface area contributed by atoms with Crippen molar-refractivity contribution >= 4 is 0 Å². The van der Waals surface area contributed by atoms with Gasteiger partial charge in [0.25, 0.3) is 0 Å². The van der Waals surface area contributed by atoms with Crippen LogP contribution in [0.5, 0.6) is 0 Å². The van der Waals surface area contributed by atoms with Crippen LogP contribution >= 0.6 is 0 Å². The molecule has 0 aromatic carbocycles. The monoisotopic (exact) mass is 260 g/mol. The predicted molar refractivity (Wildman–Crippen MR) is 71.5 cm³/mol. The van der Waals surface area contributed by atoms with E-state index >= 15 is 0 Å². The van der Waals surface area contributed by atoms with E-state index in [9.17, 15) is 0 Å². The zero-order valence-electron chi connectivity index (χ0n) is 12.3. The van der Waals surface area contributed by atoms with Crippen molar-refractivity contribution in [3.8, 4) is 0 Å². The molecule has 0 saturated carbocycles. The molecule has 0 radical (unpaired) electrons. The molecule has 0 aromatic rings. The van der Waals surface area contributed by atoms with E-state index in [1.165, 1.54) is 0 Å². The molecule has 0 amide bonds. The van der Waals surface area contributed by atoms with E-state index in [2.05, 4.69) is 25.7 Å². The van der Waals surface area contributed by atoms with Gasteiger partial charge in [-0.15, -0.1) is 0 Å². The number of hydrogen-bond donors (Lipinski definition) is 1. The summed E-state index contributed by atoms with van der Waals surface area (Å²) in [5.74, 6) is 0. The van der Waals surface area contributed by atoms with Gasteiger partial charge in [0.2, 0.25) is 0 Å². The highest BCUT2D eigenvalue weighted by Crippen LogP contribution is 2.27. The third kappa shape index (κ3) is 3.65. The first kappa shape index (κ1) is 15.9. The molecule has 1 fully saturated rings. The van der Waals surface area contributed by atoms with Gasteiger partial charge >= 0.3 is 0 Å². The second kappa shape index (κ2) is 6.82. The molecule has 18 heavy (non-hydrogen) atoms. The highest BCUT2D eigenvalue weighted by Gasteiger charge is 2.39. The standard InChI is InChI=1S/C13H28N2O3/c1-10-8-18-11(2)7-15(10)13(3,9-14)6-12(16-4)17-5/h10-12H,6-9,14H2,1-5H3. The first-order chi connectivity index (χ1) is 8.46. The van der Waals surface area contributed by atoms with Crippen molar-refractivity contribution in [2.45, 2.75) is 51.2 Å². The zero-order valence-corrected chi connectivity index (χ0v) is 12.3. The third-order valence-corrected chi connectivity index (χ3v) is 3.87. The quantitative estimate of drug-likeness (QED) is 0.717. The van der Waals surface area contributed by atoms with E-state index in [1.807, 2.05) is 0 Å². The average Bonchev–Trinajstić information content (AvgIpc) is 2.38. The summed E-state index contributed by atoms with van der Waals surface area (Å²) >= 11 is 0. The van der Waals surface area contributed by atoms with E-state index in [4.69, 9.17) is 19.9 Å². The number of rotatable bonds is 6. The fraction of sp³-hybridized carbons (Fsp3) is 1.00. The van der Waals surface area contributed by atoms with Gasteiger partial charge in [0.15, 0.2) is 6.29 Å². The number of methoxy groups -OCH3 is 2. The van der Waals surface area contributed by atoms with Crippen LogP contribution in [0.25, 0.3) is 0 Å². The van der Waals surface area contributed by atoms with Crippen LogP contribution in [0.4, 0.5) is 0 Å². The van der Waals surface area contributed by atoms with Crippen molar-refractivity contribution in [3.05, 3.63) is 0 Å². The van der Waals surface area contributed by atoms with Crippen molar-refractivity contribution < 1.29 is 14.2 Å². The summed E-state index contributed by atoms with van der Waals surface area (Å²) in [4.78, 5) is 2.42. The summed E-state index contributed by atoms with van der Waals surface area (Å²) in [6, 6.07) is 0.365. The third-order valence-electron chi connectivity index (χ3n) is 3.87. The van der Waals surface area contributed by atoms with E-state index in [0.29, 0.717) is 12.6 Å². The first-order valence-corrected chi connectivity index (χ1v) is 6.61. The molecular weight excluding hydrogens is 232 g/mol. The molecule has 1 heterocycles. The molecule has 0 spiro atoms. The SMILES string of the molecule is COC(CC(C)(CN)N1CC(C)OCC1C)OC. The van der Waals surface area contributed by atoms with E-state index in [0.717, 1.165) is 19.6 Å². The Bertz CT molecular complexity index is 248. The van der Waals surface area contributed by atoms with Gasteiger partial charge in [-0.25, -0.2) is 0 Å². The normalized spacial score (nSPS) is 29.5. The molecular formula is C13H28N2O3. The van der Waals surface area contributed by atoms with Crippen molar-refractivity contribution in [2.24, 2.45) is 5.73 Å². The molecule has 0 aliphatic carbocycles. The Kier molecular flexibility index (Phi) is 6.01. The first-order valence-electron chi connectivity index (χ1n) is 6.61. The molecule has 1 aliphatic rings. The van der Waals surface area contributed by atoms with E-state index < -0.39 is 0 Å². The highest BCUT2D eigenvalue weighted by atomic mass is 16.7. The van der Waals surface area contributed by atoms with Crippen LogP contribution in [0.2, 0.25) is 0 Å². The van der Waals surface area contributed by atoms with E-state index in [-0.39, 0.29) is 17.9 Å². The Balaban J connectivity index is 2.77. The largest absolute Gasteiger partial charge is 0.376 e. The molecule has 3 atom stereocenters. The van der Waals surface area contributed by atoms with Gasteiger partial charge in [-0.1, -0.05) is 0 Å². The fourth-order valence-electron chi connectivity index (χ4n) is 2.60. The number of morpholine rings is 1. The van der Waals surface area contributed by atoms with Gasteiger partial charge in [-0.2, -0.15) is 0 Å². The van der Waals surface area contributed by atoms with Crippen LogP contribution in [0.15, 0.2) is 0 Å². The zero-order chi connectivity index (χ0) is 13.8. The number of ether oxygens (including phenoxy) is 3. The lowest BCUT2D eigenvalue weighted by atomic mass is 9.92. The second-order valence-corrected chi connectivity index (χ2v) is 5.45. The van der Waals surface area contributed by atoms with Crippen molar-refractivity contribution in [2.75, 3.05) is 33.9 Å². The van der Waals surface area contributed by atoms with E-state index in [1.54, 1.807) is 14.2 Å². The van der Waals surface area contributed by atoms with Gasteiger partial charge in [0.1, 0.15) is 0 Å². The molecule has 0 bridgehead atoms. The molecule has 108 valence electrons. The van der Waals surface area contributed by atoms with Crippen LogP contribution in [0.3, 0.4) is 0 Å². The minimum atomic E-state index is -0.219. The van der Waals surface area contributed by atoms with Crippen molar-refractivity contribution in [3.63, 3.8) is 0 Å². The minimum absolute atomic E-state index is 0.131. The second-order valence-electron chi connectivity index (χ2n) is 5.45. The molecule has 0 aromatic heterocycles. The Labute approximate surface area is 111 Å². The summed E-state index contributed by atoms with van der Waals surface area (Å²) in [5, 5.41) is 0. The molecule has 1 rings (SSSR count). The Morgan fingerprint density at radius 1 is 1.39 bits per heavy atom. The summed E-state index contributed by atoms with van der Waals surface area (Å²) in [7, 11) is 3.33. The Hall–Kier alpha value is -0.200. The summed E-state index contributed by atoms with van der Waals surface area (Å²) < 4.78 is 16.3. The van der Waals surface area contributed by atoms with Crippen LogP contribution in [0.1, 0.15) is 27.2 Å². The van der Waals surface area contributed by atoms with Gasteiger partial charge in [-0.3, -0.25) is 4.90 Å². The summed E-state index contributed by atoms with van der Waals surface area (Å²) in [6.07, 6.45) is 0.785. The topological polar surface area (TPSA) is 57.0 Å². The summed E-state index contributed by atoms with van der Waals surface area (Å²) in [6.45, 7) is 8.67. The lowest BCUT2D eigenvalue weighted by Gasteiger charge is -2.49. The average molecular weight is 260 g/mol. The summed E-state index contributed by atoms with van der Waals surface area (Å²) in [5.41, 5.74) is 5.88. The Morgan fingerprint density at radius 3 is 2.50 bits per heavy atom. The smallest absolute Gasteiger partial charge is 0.158 e. The van der Waals surface area contributed by atoms with Crippen LogP contribution in [0, 0.1) is 0 Å². The molecule has 5 nitrogen and oxygen atoms in total. The van der Waals surface area contributed by atoms with Crippen LogP contribution < -0.4 is 5.73 Å². The maximum Gasteiger partial charge on any atom is 0.158 e. The van der Waals surface area contributed by atoms with Gasteiger partial charge in [0, 0.05) is 45.3 Å². The number of nitrogens with two attached hydrogens (primary N) is 1. The van der Waals surface area contributed by atoms with Gasteiger partial charge < -0.3 is 19.9 Å². The molecule has 2 N–H and O–H groups in total. The molecule has 1 aliphatic heterocycles. The maximum absolute atomic E-state index is 6.01. The number of hydrogen-bond acceptors (Lipinski definition) is 5. The minimum Gasteiger partial charge on any atom is -0.376 e. The van der Waals surface area contributed by atoms with Crippen molar-refractivity contribution in [1.29, 1.82) is 0 Å². The number of nitrogens with zero attached hydrogens (tertiary/aromatic N) is 1.